The molecule has 2 rings (SSSR count). The van der Waals surface area contributed by atoms with Gasteiger partial charge in [0.25, 0.3) is 0 Å². The lowest BCUT2D eigenvalue weighted by Gasteiger charge is -2.11. The Kier molecular flexibility index (Phi) is 2.69. The maximum Gasteiger partial charge on any atom is 0.248 e. The van der Waals surface area contributed by atoms with Crippen molar-refractivity contribution in [3.63, 3.8) is 0 Å². The van der Waals surface area contributed by atoms with Crippen LogP contribution in [0.3, 0.4) is 0 Å². The van der Waals surface area contributed by atoms with Crippen LogP contribution in [-0.2, 0) is 11.3 Å². The van der Waals surface area contributed by atoms with E-state index < -0.39 is 0 Å². The van der Waals surface area contributed by atoms with Gasteiger partial charge in [0.2, 0.25) is 5.91 Å². The van der Waals surface area contributed by atoms with E-state index in [-0.39, 0.29) is 5.91 Å². The Bertz CT molecular complexity index is 499. The van der Waals surface area contributed by atoms with E-state index in [0.29, 0.717) is 18.5 Å². The molecule has 1 aromatic carbocycles. The first-order valence-corrected chi connectivity index (χ1v) is 5.02. The molecule has 0 spiro atoms. The van der Waals surface area contributed by atoms with Gasteiger partial charge < -0.3 is 0 Å². The van der Waals surface area contributed by atoms with Gasteiger partial charge in [-0.15, -0.1) is 0 Å². The highest BCUT2D eigenvalue weighted by molar-refractivity contribution is 6.03. The van der Waals surface area contributed by atoms with Crippen LogP contribution in [0.15, 0.2) is 29.4 Å². The summed E-state index contributed by atoms with van der Waals surface area (Å²) in [5.74, 6) is 0.0138. The number of carbonyl (C=O) groups is 1. The Balaban J connectivity index is 2.15. The maximum atomic E-state index is 11.5. The third-order valence-electron chi connectivity index (χ3n) is 2.37. The summed E-state index contributed by atoms with van der Waals surface area (Å²) in [6.07, 6.45) is 0.401. The van der Waals surface area contributed by atoms with Crippen molar-refractivity contribution in [1.82, 2.24) is 5.01 Å². The topological polar surface area (TPSA) is 56.5 Å². The smallest absolute Gasteiger partial charge is 0.248 e. The van der Waals surface area contributed by atoms with Crippen molar-refractivity contribution in [2.24, 2.45) is 5.10 Å². The van der Waals surface area contributed by atoms with Crippen molar-refractivity contribution in [2.45, 2.75) is 19.9 Å². The molecule has 80 valence electrons. The normalized spacial score (nSPS) is 14.9. The summed E-state index contributed by atoms with van der Waals surface area (Å²) in [6, 6.07) is 9.28. The van der Waals surface area contributed by atoms with Crippen molar-refractivity contribution < 1.29 is 4.79 Å². The quantitative estimate of drug-likeness (QED) is 0.750. The zero-order chi connectivity index (χ0) is 11.5. The van der Waals surface area contributed by atoms with Gasteiger partial charge in [-0.3, -0.25) is 4.79 Å². The third kappa shape index (κ3) is 2.09. The second-order valence-corrected chi connectivity index (χ2v) is 3.78. The van der Waals surface area contributed by atoms with Crippen LogP contribution < -0.4 is 0 Å². The molecule has 0 fully saturated rings. The van der Waals surface area contributed by atoms with Gasteiger partial charge in [-0.2, -0.15) is 10.4 Å². The lowest BCUT2D eigenvalue weighted by atomic mass is 10.1. The van der Waals surface area contributed by atoms with E-state index in [1.165, 1.54) is 5.01 Å². The molecule has 0 unspecified atom stereocenters. The summed E-state index contributed by atoms with van der Waals surface area (Å²) in [4.78, 5) is 11.5. The summed E-state index contributed by atoms with van der Waals surface area (Å²) in [6.45, 7) is 2.27. The van der Waals surface area contributed by atoms with Crippen LogP contribution in [0.25, 0.3) is 0 Å². The van der Waals surface area contributed by atoms with Crippen LogP contribution in [-0.4, -0.2) is 16.6 Å². The molecule has 0 bridgehead atoms. The Morgan fingerprint density at radius 1 is 1.56 bits per heavy atom. The molecule has 1 aliphatic heterocycles. The van der Waals surface area contributed by atoms with E-state index >= 15 is 0 Å². The first-order chi connectivity index (χ1) is 7.69. The minimum absolute atomic E-state index is 0.0138. The maximum absolute atomic E-state index is 11.5. The Labute approximate surface area is 93.8 Å². The molecule has 0 N–H and O–H groups in total. The van der Waals surface area contributed by atoms with Gasteiger partial charge in [-0.25, -0.2) is 5.01 Å². The minimum atomic E-state index is 0.0138. The zero-order valence-electron chi connectivity index (χ0n) is 8.97. The Morgan fingerprint density at radius 3 is 3.00 bits per heavy atom. The zero-order valence-corrected chi connectivity index (χ0v) is 8.97. The van der Waals surface area contributed by atoms with Crippen LogP contribution in [0.2, 0.25) is 0 Å². The third-order valence-corrected chi connectivity index (χ3v) is 2.37. The molecule has 16 heavy (non-hydrogen) atoms. The lowest BCUT2D eigenvalue weighted by molar-refractivity contribution is -0.129. The number of nitrogens with zero attached hydrogens (tertiary/aromatic N) is 3. The number of rotatable bonds is 2. The van der Waals surface area contributed by atoms with Crippen LogP contribution in [0, 0.1) is 11.3 Å². The van der Waals surface area contributed by atoms with E-state index in [1.54, 1.807) is 12.1 Å². The Hall–Kier alpha value is -2.15. The molecule has 1 amide bonds. The van der Waals surface area contributed by atoms with Gasteiger partial charge >= 0.3 is 0 Å². The molecule has 4 nitrogen and oxygen atoms in total. The number of nitriles is 1. The number of hydrogen-bond donors (Lipinski definition) is 0. The molecular weight excluding hydrogens is 202 g/mol. The van der Waals surface area contributed by atoms with Gasteiger partial charge in [0, 0.05) is 5.71 Å². The lowest BCUT2D eigenvalue weighted by Crippen LogP contribution is -2.20. The molecule has 0 saturated heterocycles. The van der Waals surface area contributed by atoms with E-state index in [0.717, 1.165) is 11.3 Å². The summed E-state index contributed by atoms with van der Waals surface area (Å²) in [5, 5.41) is 14.3. The number of benzene rings is 1. The van der Waals surface area contributed by atoms with Crippen LogP contribution in [0.5, 0.6) is 0 Å². The monoisotopic (exact) mass is 213 g/mol. The second kappa shape index (κ2) is 4.15. The largest absolute Gasteiger partial charge is 0.273 e. The molecule has 4 heteroatoms. The number of hydrogen-bond acceptors (Lipinski definition) is 3. The fourth-order valence-electron chi connectivity index (χ4n) is 1.64. The van der Waals surface area contributed by atoms with Crippen molar-refractivity contribution in [3.8, 4) is 6.07 Å². The fourth-order valence-corrected chi connectivity index (χ4v) is 1.64. The highest BCUT2D eigenvalue weighted by Crippen LogP contribution is 2.13. The number of hydrazone groups is 1. The summed E-state index contributed by atoms with van der Waals surface area (Å²) in [5.41, 5.74) is 2.36. The molecule has 1 heterocycles. The number of amides is 1. The second-order valence-electron chi connectivity index (χ2n) is 3.78. The SMILES string of the molecule is CC1=NN(Cc2cccc(C#N)c2)C(=O)C1. The van der Waals surface area contributed by atoms with Gasteiger partial charge in [0.05, 0.1) is 24.6 Å². The molecular formula is C12H11N3O. The number of carbonyl (C=O) groups excluding carboxylic acids is 1. The van der Waals surface area contributed by atoms with Crippen molar-refractivity contribution in [2.75, 3.05) is 0 Å². The summed E-state index contributed by atoms with van der Waals surface area (Å²) in [7, 11) is 0. The predicted molar refractivity (Wildman–Crippen MR) is 59.4 cm³/mol. The average Bonchev–Trinajstić information content (AvgIpc) is 2.58. The minimum Gasteiger partial charge on any atom is -0.273 e. The highest BCUT2D eigenvalue weighted by Gasteiger charge is 2.20. The van der Waals surface area contributed by atoms with Crippen LogP contribution in [0.4, 0.5) is 0 Å². The van der Waals surface area contributed by atoms with Crippen molar-refractivity contribution in [3.05, 3.63) is 35.4 Å². The first kappa shape index (κ1) is 10.4. The van der Waals surface area contributed by atoms with Gasteiger partial charge in [-0.05, 0) is 24.6 Å². The van der Waals surface area contributed by atoms with E-state index in [4.69, 9.17) is 5.26 Å². The van der Waals surface area contributed by atoms with E-state index in [2.05, 4.69) is 11.2 Å². The standard InChI is InChI=1S/C12H11N3O/c1-9-5-12(16)15(14-9)8-11-4-2-3-10(6-11)7-13/h2-4,6H,5,8H2,1H3. The predicted octanol–water partition coefficient (Wildman–Crippen LogP) is 1.67. The van der Waals surface area contributed by atoms with Crippen molar-refractivity contribution in [1.29, 1.82) is 5.26 Å². The Morgan fingerprint density at radius 2 is 2.38 bits per heavy atom. The fraction of sp³-hybridized carbons (Fsp3) is 0.250. The molecule has 0 aliphatic carbocycles. The molecule has 0 saturated carbocycles. The summed E-state index contributed by atoms with van der Waals surface area (Å²) < 4.78 is 0. The van der Waals surface area contributed by atoms with E-state index in [9.17, 15) is 4.79 Å². The van der Waals surface area contributed by atoms with Crippen LogP contribution >= 0.6 is 0 Å². The average molecular weight is 213 g/mol. The highest BCUT2D eigenvalue weighted by atomic mass is 16.2. The van der Waals surface area contributed by atoms with Gasteiger partial charge in [0.15, 0.2) is 0 Å². The van der Waals surface area contributed by atoms with Crippen LogP contribution in [0.1, 0.15) is 24.5 Å². The molecule has 1 aliphatic rings. The molecule has 1 aromatic rings. The van der Waals surface area contributed by atoms with E-state index in [1.807, 2.05) is 19.1 Å². The van der Waals surface area contributed by atoms with Crippen molar-refractivity contribution >= 4 is 11.6 Å². The summed E-state index contributed by atoms with van der Waals surface area (Å²) >= 11 is 0. The van der Waals surface area contributed by atoms with Gasteiger partial charge in [0.1, 0.15) is 0 Å². The molecule has 0 radical (unpaired) electrons. The van der Waals surface area contributed by atoms with Gasteiger partial charge in [-0.1, -0.05) is 12.1 Å². The molecule has 0 atom stereocenters. The molecule has 0 aromatic heterocycles. The first-order valence-electron chi connectivity index (χ1n) is 5.02.